The molecule has 0 radical (unpaired) electrons. The van der Waals surface area contributed by atoms with Crippen molar-refractivity contribution in [2.24, 2.45) is 0 Å². The standard InChI is InChI=1S/C18H19ClN6O2S3/c1-3-8-25-14(9-27-2)21-23-17(25)28-11-15(26)20-16-22-24-18(30-16)29-10-12-6-4-5-7-13(12)19/h3-7H,1,8-11H2,2H3,(H,20,22,26). The maximum Gasteiger partial charge on any atom is 0.236 e. The van der Waals surface area contributed by atoms with E-state index in [-0.39, 0.29) is 11.7 Å². The van der Waals surface area contributed by atoms with Gasteiger partial charge in [0, 0.05) is 24.4 Å². The number of hydrogen-bond donors (Lipinski definition) is 1. The number of aromatic nitrogens is 5. The Balaban J connectivity index is 1.51. The molecule has 0 unspecified atom stereocenters. The summed E-state index contributed by atoms with van der Waals surface area (Å²) in [6.45, 7) is 4.62. The van der Waals surface area contributed by atoms with Gasteiger partial charge in [-0.05, 0) is 11.6 Å². The maximum atomic E-state index is 12.3. The Labute approximate surface area is 191 Å². The highest BCUT2D eigenvalue weighted by atomic mass is 35.5. The number of halogens is 1. The summed E-state index contributed by atoms with van der Waals surface area (Å²) in [5.74, 6) is 1.34. The number of methoxy groups -OCH3 is 1. The average molecular weight is 483 g/mol. The number of thioether (sulfide) groups is 2. The second-order valence-corrected chi connectivity index (χ2v) is 9.37. The molecule has 1 N–H and O–H groups in total. The number of carbonyl (C=O) groups is 1. The van der Waals surface area contributed by atoms with E-state index in [9.17, 15) is 4.79 Å². The van der Waals surface area contributed by atoms with Gasteiger partial charge in [0.25, 0.3) is 0 Å². The number of allylic oxidation sites excluding steroid dienone is 1. The molecule has 1 aromatic carbocycles. The minimum absolute atomic E-state index is 0.171. The van der Waals surface area contributed by atoms with Gasteiger partial charge in [0.2, 0.25) is 11.0 Å². The van der Waals surface area contributed by atoms with E-state index in [1.54, 1.807) is 13.2 Å². The molecule has 0 saturated heterocycles. The fourth-order valence-corrected chi connectivity index (χ4v) is 5.15. The zero-order chi connectivity index (χ0) is 21.3. The molecule has 1 amide bonds. The quantitative estimate of drug-likeness (QED) is 0.247. The zero-order valence-electron chi connectivity index (χ0n) is 16.1. The predicted octanol–water partition coefficient (Wildman–Crippen LogP) is 4.14. The van der Waals surface area contributed by atoms with Crippen molar-refractivity contribution >= 4 is 57.5 Å². The van der Waals surface area contributed by atoms with Crippen molar-refractivity contribution in [3.63, 3.8) is 0 Å². The van der Waals surface area contributed by atoms with E-state index in [4.69, 9.17) is 16.3 Å². The molecular weight excluding hydrogens is 464 g/mol. The molecule has 0 bridgehead atoms. The summed E-state index contributed by atoms with van der Waals surface area (Å²) in [7, 11) is 1.59. The van der Waals surface area contributed by atoms with Crippen molar-refractivity contribution < 1.29 is 9.53 Å². The molecule has 0 spiro atoms. The SMILES string of the molecule is C=CCn1c(COC)nnc1SCC(=O)Nc1nnc(SCc2ccccc2Cl)s1. The lowest BCUT2D eigenvalue weighted by atomic mass is 10.2. The van der Waals surface area contributed by atoms with E-state index in [0.717, 1.165) is 14.9 Å². The topological polar surface area (TPSA) is 94.8 Å². The Morgan fingerprint density at radius 1 is 1.30 bits per heavy atom. The van der Waals surface area contributed by atoms with Crippen LogP contribution in [0, 0.1) is 0 Å². The molecule has 30 heavy (non-hydrogen) atoms. The largest absolute Gasteiger partial charge is 0.377 e. The van der Waals surface area contributed by atoms with Gasteiger partial charge in [-0.25, -0.2) is 0 Å². The van der Waals surface area contributed by atoms with Gasteiger partial charge in [-0.15, -0.1) is 27.0 Å². The Bertz CT molecular complexity index is 1010. The van der Waals surface area contributed by atoms with E-state index in [1.165, 1.54) is 34.9 Å². The normalized spacial score (nSPS) is 10.9. The first-order valence-corrected chi connectivity index (χ1v) is 11.9. The van der Waals surface area contributed by atoms with E-state index < -0.39 is 0 Å². The maximum absolute atomic E-state index is 12.3. The van der Waals surface area contributed by atoms with Crippen LogP contribution >= 0.6 is 46.5 Å². The molecule has 0 aliphatic carbocycles. The number of hydrogen-bond acceptors (Lipinski definition) is 9. The number of rotatable bonds is 11. The number of amides is 1. The van der Waals surface area contributed by atoms with Crippen molar-refractivity contribution in [2.75, 3.05) is 18.2 Å². The highest BCUT2D eigenvalue weighted by molar-refractivity contribution is 8.00. The van der Waals surface area contributed by atoms with Crippen molar-refractivity contribution in [1.29, 1.82) is 0 Å². The van der Waals surface area contributed by atoms with Crippen molar-refractivity contribution in [3.8, 4) is 0 Å². The summed E-state index contributed by atoms with van der Waals surface area (Å²) in [5.41, 5.74) is 1.03. The summed E-state index contributed by atoms with van der Waals surface area (Å²) in [4.78, 5) is 12.3. The third kappa shape index (κ3) is 6.29. The monoisotopic (exact) mass is 482 g/mol. The second-order valence-electron chi connectivity index (χ2n) is 5.82. The van der Waals surface area contributed by atoms with Crippen LogP contribution in [0.25, 0.3) is 0 Å². The molecule has 3 aromatic rings. The smallest absolute Gasteiger partial charge is 0.236 e. The van der Waals surface area contributed by atoms with Gasteiger partial charge in [-0.1, -0.05) is 70.7 Å². The lowest BCUT2D eigenvalue weighted by Crippen LogP contribution is -2.14. The van der Waals surface area contributed by atoms with Crippen LogP contribution in [0.1, 0.15) is 11.4 Å². The van der Waals surface area contributed by atoms with E-state index >= 15 is 0 Å². The fraction of sp³-hybridized carbons (Fsp3) is 0.278. The van der Waals surface area contributed by atoms with Crippen LogP contribution in [-0.4, -0.2) is 43.7 Å². The minimum atomic E-state index is -0.194. The van der Waals surface area contributed by atoms with E-state index in [0.29, 0.717) is 35.0 Å². The Kier molecular flexibility index (Phi) is 8.70. The third-order valence-electron chi connectivity index (χ3n) is 3.67. The molecule has 3 rings (SSSR count). The molecule has 12 heteroatoms. The van der Waals surface area contributed by atoms with Crippen LogP contribution in [0.3, 0.4) is 0 Å². The molecule has 2 aromatic heterocycles. The predicted molar refractivity (Wildman–Crippen MR) is 121 cm³/mol. The summed E-state index contributed by atoms with van der Waals surface area (Å²) < 4.78 is 7.74. The van der Waals surface area contributed by atoms with Gasteiger partial charge in [0.15, 0.2) is 15.3 Å². The summed E-state index contributed by atoms with van der Waals surface area (Å²) in [6.07, 6.45) is 1.75. The molecule has 0 atom stereocenters. The van der Waals surface area contributed by atoms with Gasteiger partial charge >= 0.3 is 0 Å². The molecule has 8 nitrogen and oxygen atoms in total. The molecule has 0 aliphatic heterocycles. The third-order valence-corrected chi connectivity index (χ3v) is 7.03. The van der Waals surface area contributed by atoms with E-state index in [2.05, 4.69) is 32.3 Å². The van der Waals surface area contributed by atoms with Crippen molar-refractivity contribution in [1.82, 2.24) is 25.0 Å². The van der Waals surface area contributed by atoms with Crippen molar-refractivity contribution in [2.45, 2.75) is 28.4 Å². The van der Waals surface area contributed by atoms with Crippen LogP contribution in [0.2, 0.25) is 5.02 Å². The van der Waals surface area contributed by atoms with Crippen LogP contribution in [-0.2, 0) is 28.4 Å². The number of nitrogens with zero attached hydrogens (tertiary/aromatic N) is 5. The number of carbonyl (C=O) groups excluding carboxylic acids is 1. The number of nitrogens with one attached hydrogen (secondary N) is 1. The first kappa shape index (κ1) is 22.8. The van der Waals surface area contributed by atoms with Gasteiger partial charge in [0.05, 0.1) is 5.75 Å². The van der Waals surface area contributed by atoms with Gasteiger partial charge in [0.1, 0.15) is 6.61 Å². The Hall–Kier alpha value is -1.92. The van der Waals surface area contributed by atoms with Crippen LogP contribution < -0.4 is 5.32 Å². The Morgan fingerprint density at radius 3 is 2.90 bits per heavy atom. The number of benzene rings is 1. The lowest BCUT2D eigenvalue weighted by Gasteiger charge is -2.06. The van der Waals surface area contributed by atoms with Crippen molar-refractivity contribution in [3.05, 3.63) is 53.3 Å². The summed E-state index contributed by atoms with van der Waals surface area (Å²) in [6, 6.07) is 7.67. The molecule has 0 fully saturated rings. The fourth-order valence-electron chi connectivity index (χ4n) is 2.33. The van der Waals surface area contributed by atoms with Crippen LogP contribution in [0.15, 0.2) is 46.4 Å². The summed E-state index contributed by atoms with van der Waals surface area (Å²) >= 11 is 10.3. The molecule has 2 heterocycles. The summed E-state index contributed by atoms with van der Waals surface area (Å²) in [5, 5.41) is 20.9. The van der Waals surface area contributed by atoms with Crippen LogP contribution in [0.4, 0.5) is 5.13 Å². The number of anilines is 1. The first-order chi connectivity index (χ1) is 14.6. The highest BCUT2D eigenvalue weighted by Crippen LogP contribution is 2.30. The average Bonchev–Trinajstić information content (AvgIpc) is 3.34. The Morgan fingerprint density at radius 2 is 2.13 bits per heavy atom. The molecule has 158 valence electrons. The van der Waals surface area contributed by atoms with Gasteiger partial charge < -0.3 is 9.30 Å². The molecular formula is C18H19ClN6O2S3. The molecule has 0 saturated carbocycles. The zero-order valence-corrected chi connectivity index (χ0v) is 19.3. The second kappa shape index (κ2) is 11.5. The van der Waals surface area contributed by atoms with Gasteiger partial charge in [-0.2, -0.15) is 0 Å². The highest BCUT2D eigenvalue weighted by Gasteiger charge is 2.15. The lowest BCUT2D eigenvalue weighted by molar-refractivity contribution is -0.113. The number of ether oxygens (including phenoxy) is 1. The van der Waals surface area contributed by atoms with Gasteiger partial charge in [-0.3, -0.25) is 10.1 Å². The molecule has 0 aliphatic rings. The van der Waals surface area contributed by atoms with E-state index in [1.807, 2.05) is 28.8 Å². The van der Waals surface area contributed by atoms with Crippen LogP contribution in [0.5, 0.6) is 0 Å². The first-order valence-electron chi connectivity index (χ1n) is 8.75. The minimum Gasteiger partial charge on any atom is -0.377 e.